The Labute approximate surface area is 435 Å². The van der Waals surface area contributed by atoms with Crippen LogP contribution in [-0.2, 0) is 0 Å². The van der Waals surface area contributed by atoms with Gasteiger partial charge in [-0.2, -0.15) is 0 Å². The number of hydrogen-bond acceptors (Lipinski definition) is 10. The molecular formula is C64H46N4O8. The first-order valence-electron chi connectivity index (χ1n) is 24.5. The van der Waals surface area contributed by atoms with E-state index in [1.54, 1.807) is 24.3 Å². The summed E-state index contributed by atoms with van der Waals surface area (Å²) >= 11 is 0. The average Bonchev–Trinajstić information content (AvgIpc) is 4.24. The number of nitrogens with zero attached hydrogens (tertiary/aromatic N) is 2. The molecule has 6 N–H and O–H groups in total. The van der Waals surface area contributed by atoms with Crippen LogP contribution in [0.3, 0.4) is 0 Å². The number of phenols is 4. The molecule has 12 heteroatoms. The molecule has 10 aromatic rings. The van der Waals surface area contributed by atoms with E-state index < -0.39 is 0 Å². The number of hydrogen-bond donors (Lipinski definition) is 6. The molecule has 3 aliphatic rings. The Morgan fingerprint density at radius 3 is 0.750 bits per heavy atom. The van der Waals surface area contributed by atoms with Gasteiger partial charge in [-0.25, -0.2) is 9.97 Å². The van der Waals surface area contributed by atoms with Gasteiger partial charge >= 0.3 is 0 Å². The van der Waals surface area contributed by atoms with Crippen LogP contribution in [0, 0.1) is 0 Å². The molecule has 8 bridgehead atoms. The van der Waals surface area contributed by atoms with Crippen LogP contribution in [0.25, 0.3) is 133 Å². The Bertz CT molecular complexity index is 3870. The average molecular weight is 999 g/mol. The van der Waals surface area contributed by atoms with Gasteiger partial charge in [-0.15, -0.1) is 0 Å². The Kier molecular flexibility index (Phi) is 10.7. The van der Waals surface area contributed by atoms with Crippen molar-refractivity contribution >= 4 is 43.6 Å². The van der Waals surface area contributed by atoms with Crippen molar-refractivity contribution in [3.05, 3.63) is 170 Å². The molecule has 0 radical (unpaired) electrons. The van der Waals surface area contributed by atoms with Crippen LogP contribution in [0.2, 0.25) is 0 Å². The lowest BCUT2D eigenvalue weighted by Gasteiger charge is -2.11. The van der Waals surface area contributed by atoms with Gasteiger partial charge in [-0.05, 0) is 70.8 Å². The van der Waals surface area contributed by atoms with Crippen LogP contribution in [0.1, 0.15) is 0 Å². The van der Waals surface area contributed by atoms with Gasteiger partial charge in [0.25, 0.3) is 0 Å². The lowest BCUT2D eigenvalue weighted by atomic mass is 9.93. The van der Waals surface area contributed by atoms with Crippen molar-refractivity contribution in [1.82, 2.24) is 19.9 Å². The van der Waals surface area contributed by atoms with Gasteiger partial charge in [0.05, 0.1) is 73.3 Å². The predicted molar refractivity (Wildman–Crippen MR) is 299 cm³/mol. The number of rotatable bonds is 8. The van der Waals surface area contributed by atoms with Crippen LogP contribution in [0.5, 0.6) is 46.0 Å². The number of ether oxygens (including phenoxy) is 4. The molecule has 0 fully saturated rings. The van der Waals surface area contributed by atoms with Crippen molar-refractivity contribution in [3.63, 3.8) is 0 Å². The standard InChI is InChI=1S/C64H46N4O8/c1-73-49-29-33(21-25-45(49)69)53-57-37-13-5-7-15-39(37)59(65-57)54(34-22-26-46(70)50(30-34)74-2)61-41-17-9-11-19-43(41)63(67-61)56(36-24-28-48(72)52(32-36)76-4)64-44-20-12-10-18-42(44)62(68-64)55(35-23-27-47(71)51(31-35)75-3)60-40-16-8-6-14-38(40)58(53)66-60/h5-32,65,68-72H,1-4H3. The van der Waals surface area contributed by atoms with Gasteiger partial charge in [0.1, 0.15) is 0 Å². The third-order valence-corrected chi connectivity index (χ3v) is 14.6. The maximum Gasteiger partial charge on any atom is 0.161 e. The minimum Gasteiger partial charge on any atom is -0.504 e. The van der Waals surface area contributed by atoms with Crippen molar-refractivity contribution in [2.45, 2.75) is 0 Å². The number of nitrogens with one attached hydrogen (secondary N) is 2. The molecule has 370 valence electrons. The van der Waals surface area contributed by atoms with E-state index >= 15 is 0 Å². The van der Waals surface area contributed by atoms with Crippen LogP contribution in [0.15, 0.2) is 170 Å². The number of aromatic amines is 2. The molecule has 0 saturated heterocycles. The Hall–Kier alpha value is -10.2. The molecule has 13 rings (SSSR count). The summed E-state index contributed by atoms with van der Waals surface area (Å²) in [5, 5.41) is 48.0. The normalized spacial score (nSPS) is 11.6. The third kappa shape index (κ3) is 6.98. The molecule has 0 spiro atoms. The van der Waals surface area contributed by atoms with Crippen LogP contribution >= 0.6 is 0 Å². The van der Waals surface area contributed by atoms with Crippen LogP contribution in [-0.4, -0.2) is 68.8 Å². The highest BCUT2D eigenvalue weighted by atomic mass is 16.5. The second-order valence-electron chi connectivity index (χ2n) is 18.6. The van der Waals surface area contributed by atoms with E-state index in [2.05, 4.69) is 58.5 Å². The second kappa shape index (κ2) is 17.8. The molecule has 8 aromatic carbocycles. The van der Waals surface area contributed by atoms with Gasteiger partial charge in [0.2, 0.25) is 0 Å². The van der Waals surface area contributed by atoms with Gasteiger partial charge in [0.15, 0.2) is 46.0 Å². The summed E-state index contributed by atoms with van der Waals surface area (Å²) in [6.45, 7) is 0. The summed E-state index contributed by atoms with van der Waals surface area (Å²) in [5.74, 6) is 1.03. The lowest BCUT2D eigenvalue weighted by Crippen LogP contribution is -1.90. The zero-order chi connectivity index (χ0) is 51.9. The van der Waals surface area contributed by atoms with Crippen LogP contribution < -0.4 is 18.9 Å². The van der Waals surface area contributed by atoms with Crippen molar-refractivity contribution in [2.75, 3.05) is 28.4 Å². The molecule has 12 nitrogen and oxygen atoms in total. The Balaban J connectivity index is 1.38. The van der Waals surface area contributed by atoms with Crippen molar-refractivity contribution < 1.29 is 39.4 Å². The van der Waals surface area contributed by atoms with Gasteiger partial charge in [-0.3, -0.25) is 0 Å². The smallest absolute Gasteiger partial charge is 0.161 e. The molecular weight excluding hydrogens is 953 g/mol. The lowest BCUT2D eigenvalue weighted by molar-refractivity contribution is 0.373. The fourth-order valence-corrected chi connectivity index (χ4v) is 11.1. The zero-order valence-electron chi connectivity index (χ0n) is 41.5. The quantitative estimate of drug-likeness (QED) is 0.0859. The molecule has 0 unspecified atom stereocenters. The summed E-state index contributed by atoms with van der Waals surface area (Å²) in [7, 11) is 6.11. The van der Waals surface area contributed by atoms with E-state index in [0.29, 0.717) is 45.0 Å². The predicted octanol–water partition coefficient (Wildman–Crippen LogP) is 14.8. The van der Waals surface area contributed by atoms with E-state index in [9.17, 15) is 20.4 Å². The summed E-state index contributed by atoms with van der Waals surface area (Å²) in [4.78, 5) is 19.6. The van der Waals surface area contributed by atoms with Gasteiger partial charge in [-0.1, -0.05) is 121 Å². The number of aromatic nitrogens is 4. The van der Waals surface area contributed by atoms with E-state index in [4.69, 9.17) is 28.9 Å². The molecule has 1 aliphatic carbocycles. The highest BCUT2D eigenvalue weighted by Gasteiger charge is 2.31. The topological polar surface area (TPSA) is 175 Å². The van der Waals surface area contributed by atoms with Crippen molar-refractivity contribution in [1.29, 1.82) is 0 Å². The minimum atomic E-state index is -0.0202. The second-order valence-corrected chi connectivity index (χ2v) is 18.6. The minimum absolute atomic E-state index is 0.0202. The van der Waals surface area contributed by atoms with Gasteiger partial charge in [0, 0.05) is 66.1 Å². The van der Waals surface area contributed by atoms with E-state index in [1.165, 1.54) is 28.4 Å². The summed E-state index contributed by atoms with van der Waals surface area (Å²) in [6, 6.07) is 53.9. The van der Waals surface area contributed by atoms with E-state index in [-0.39, 0.29) is 46.0 Å². The highest BCUT2D eigenvalue weighted by molar-refractivity contribution is 6.21. The summed E-state index contributed by atoms with van der Waals surface area (Å²) in [6.07, 6.45) is 0. The maximum absolute atomic E-state index is 11.1. The first kappa shape index (κ1) is 45.6. The fourth-order valence-electron chi connectivity index (χ4n) is 11.1. The molecule has 76 heavy (non-hydrogen) atoms. The molecule has 4 heterocycles. The number of H-pyrrole nitrogens is 2. The highest BCUT2D eigenvalue weighted by Crippen LogP contribution is 2.53. The van der Waals surface area contributed by atoms with E-state index in [1.807, 2.05) is 97.1 Å². The molecule has 0 atom stereocenters. The van der Waals surface area contributed by atoms with Crippen LogP contribution in [0.4, 0.5) is 0 Å². The molecule has 0 amide bonds. The summed E-state index contributed by atoms with van der Waals surface area (Å²) in [5.41, 5.74) is 14.5. The molecule has 0 saturated carbocycles. The number of methoxy groups -OCH3 is 4. The van der Waals surface area contributed by atoms with Crippen molar-refractivity contribution in [3.8, 4) is 136 Å². The third-order valence-electron chi connectivity index (χ3n) is 14.6. The first-order valence-corrected chi connectivity index (χ1v) is 24.5. The Morgan fingerprint density at radius 2 is 0.526 bits per heavy atom. The fraction of sp³-hybridized carbons (Fsp3) is 0.0625. The number of benzene rings is 8. The zero-order valence-corrected chi connectivity index (χ0v) is 41.5. The monoisotopic (exact) mass is 998 g/mol. The van der Waals surface area contributed by atoms with E-state index in [0.717, 1.165) is 88.1 Å². The molecule has 2 aliphatic heterocycles. The number of aromatic hydroxyl groups is 4. The largest absolute Gasteiger partial charge is 0.504 e. The molecule has 2 aromatic heterocycles. The maximum atomic E-state index is 11.1. The number of phenolic OH excluding ortho intramolecular Hbond substituents is 4. The first-order chi connectivity index (χ1) is 37.2. The Morgan fingerprint density at radius 1 is 0.303 bits per heavy atom. The SMILES string of the molecule is COc1cc(-c2c3nc(c(-c4ccc(O)c(OC)c4)c4[nH]c(c(-c5ccc(O)c(OC)c5)c5nc(c(-c6ccc(O)c(OC)c6)c6[nH]c2c2ccccc62)-c2ccccc2-5)c2ccccc42)-c2ccccc2-3)ccc1O. The summed E-state index contributed by atoms with van der Waals surface area (Å²) < 4.78 is 23.2. The van der Waals surface area contributed by atoms with Gasteiger partial charge < -0.3 is 49.3 Å². The van der Waals surface area contributed by atoms with Crippen molar-refractivity contribution in [2.24, 2.45) is 0 Å².